The van der Waals surface area contributed by atoms with Crippen molar-refractivity contribution in [1.82, 2.24) is 0 Å². The number of fused-ring (bicyclic) bond motifs is 7. The molecule has 1 aromatic rings. The van der Waals surface area contributed by atoms with Gasteiger partial charge in [0, 0.05) is 29.5 Å². The van der Waals surface area contributed by atoms with E-state index < -0.39 is 23.4 Å². The average Bonchev–Trinajstić information content (AvgIpc) is 3.40. The largest absolute Gasteiger partial charge is 0.486 e. The van der Waals surface area contributed by atoms with Gasteiger partial charge in [0.25, 0.3) is 0 Å². The lowest BCUT2D eigenvalue weighted by Crippen LogP contribution is -2.63. The molecule has 5 aliphatic rings. The fourth-order valence-electron chi connectivity index (χ4n) is 8.98. The highest BCUT2D eigenvalue weighted by molar-refractivity contribution is 6.01. The van der Waals surface area contributed by atoms with Crippen molar-refractivity contribution in [1.29, 1.82) is 0 Å². The SMILES string of the molecule is CCCC1O[C@@H]2C[C@H]3[C@@H]4CCC5=CC(=O)C=C[C@]5(C)[C@H]4[C@@H](O)C[C@]3(C)[C@]2(C(=O)COc2ccc(NC)cc2)O1. The second-order valence-electron chi connectivity index (χ2n) is 12.6. The number of ether oxygens (including phenoxy) is 3. The molecule has 210 valence electrons. The first-order chi connectivity index (χ1) is 18.7. The topological polar surface area (TPSA) is 94.1 Å². The molecule has 6 rings (SSSR count). The molecular formula is C32H41NO6. The van der Waals surface area contributed by atoms with Crippen molar-refractivity contribution in [2.75, 3.05) is 19.0 Å². The van der Waals surface area contributed by atoms with Crippen LogP contribution in [0, 0.1) is 28.6 Å². The summed E-state index contributed by atoms with van der Waals surface area (Å²) in [6, 6.07) is 7.53. The summed E-state index contributed by atoms with van der Waals surface area (Å²) in [5, 5.41) is 14.9. The quantitative estimate of drug-likeness (QED) is 0.516. The van der Waals surface area contributed by atoms with Crippen molar-refractivity contribution in [3.63, 3.8) is 0 Å². The number of nitrogens with one attached hydrogen (secondary N) is 1. The summed E-state index contributed by atoms with van der Waals surface area (Å²) in [6.45, 7) is 6.28. The second kappa shape index (κ2) is 9.57. The Morgan fingerprint density at radius 3 is 2.72 bits per heavy atom. The molecular weight excluding hydrogens is 494 g/mol. The summed E-state index contributed by atoms with van der Waals surface area (Å²) < 4.78 is 19.2. The van der Waals surface area contributed by atoms with Gasteiger partial charge in [0.2, 0.25) is 5.78 Å². The number of carbonyl (C=O) groups excluding carboxylic acids is 2. The molecule has 3 saturated carbocycles. The molecule has 4 fully saturated rings. The van der Waals surface area contributed by atoms with E-state index in [0.717, 1.165) is 43.4 Å². The molecule has 2 N–H and O–H groups in total. The van der Waals surface area contributed by atoms with Crippen LogP contribution in [0.1, 0.15) is 59.3 Å². The number of rotatable bonds is 7. The molecule has 0 amide bonds. The third-order valence-electron chi connectivity index (χ3n) is 10.7. The highest BCUT2D eigenvalue weighted by Gasteiger charge is 2.75. The van der Waals surface area contributed by atoms with Gasteiger partial charge in [-0.25, -0.2) is 0 Å². The minimum Gasteiger partial charge on any atom is -0.486 e. The summed E-state index contributed by atoms with van der Waals surface area (Å²) in [7, 11) is 1.86. The van der Waals surface area contributed by atoms with E-state index in [9.17, 15) is 14.7 Å². The normalized spacial score (nSPS) is 42.2. The molecule has 1 aliphatic heterocycles. The van der Waals surface area contributed by atoms with Crippen molar-refractivity contribution >= 4 is 17.3 Å². The molecule has 0 aromatic heterocycles. The van der Waals surface area contributed by atoms with E-state index >= 15 is 0 Å². The number of aliphatic hydroxyl groups is 1. The summed E-state index contributed by atoms with van der Waals surface area (Å²) in [5.41, 5.74) is -0.0274. The van der Waals surface area contributed by atoms with Crippen molar-refractivity contribution in [3.8, 4) is 5.75 Å². The van der Waals surface area contributed by atoms with E-state index in [-0.39, 0.29) is 47.4 Å². The number of allylic oxidation sites excluding steroid dienone is 4. The molecule has 7 heteroatoms. The first-order valence-corrected chi connectivity index (χ1v) is 14.6. The first kappa shape index (κ1) is 26.7. The number of anilines is 1. The summed E-state index contributed by atoms with van der Waals surface area (Å²) in [5.74, 6) is 0.883. The Balaban J connectivity index is 1.32. The van der Waals surface area contributed by atoms with Gasteiger partial charge in [-0.1, -0.05) is 38.8 Å². The molecule has 0 radical (unpaired) electrons. The minimum atomic E-state index is -1.16. The molecule has 1 saturated heterocycles. The number of aliphatic hydroxyl groups excluding tert-OH is 1. The van der Waals surface area contributed by atoms with Crippen molar-refractivity contribution in [2.45, 2.75) is 83.4 Å². The lowest BCUT2D eigenvalue weighted by molar-refractivity contribution is -0.200. The monoisotopic (exact) mass is 535 g/mol. The maximum atomic E-state index is 14.3. The van der Waals surface area contributed by atoms with Crippen LogP contribution < -0.4 is 10.1 Å². The Bertz CT molecular complexity index is 1210. The van der Waals surface area contributed by atoms with Gasteiger partial charge in [0.15, 0.2) is 17.7 Å². The van der Waals surface area contributed by atoms with Crippen LogP contribution in [-0.4, -0.2) is 54.4 Å². The van der Waals surface area contributed by atoms with Gasteiger partial charge in [-0.2, -0.15) is 0 Å². The maximum Gasteiger partial charge on any atom is 0.205 e. The van der Waals surface area contributed by atoms with Gasteiger partial charge in [0.1, 0.15) is 12.4 Å². The Hall–Kier alpha value is -2.48. The number of carbonyl (C=O) groups is 2. The van der Waals surface area contributed by atoms with Crippen LogP contribution >= 0.6 is 0 Å². The van der Waals surface area contributed by atoms with Gasteiger partial charge in [-0.15, -0.1) is 0 Å². The zero-order chi connectivity index (χ0) is 27.6. The lowest BCUT2D eigenvalue weighted by Gasteiger charge is -2.59. The first-order valence-electron chi connectivity index (χ1n) is 14.6. The molecule has 1 aromatic carbocycles. The van der Waals surface area contributed by atoms with E-state index in [1.54, 1.807) is 12.2 Å². The van der Waals surface area contributed by atoms with E-state index in [1.165, 1.54) is 0 Å². The molecule has 1 heterocycles. The van der Waals surface area contributed by atoms with E-state index in [1.807, 2.05) is 37.4 Å². The Kier molecular flexibility index (Phi) is 6.56. The molecule has 0 bridgehead atoms. The smallest absolute Gasteiger partial charge is 0.205 e. The number of Topliss-reactive ketones (excluding diaryl/α,β-unsaturated/α-hetero) is 1. The third-order valence-corrected chi connectivity index (χ3v) is 10.7. The molecule has 1 unspecified atom stereocenters. The fourth-order valence-corrected chi connectivity index (χ4v) is 8.98. The van der Waals surface area contributed by atoms with Crippen molar-refractivity contribution in [3.05, 3.63) is 48.1 Å². The van der Waals surface area contributed by atoms with Crippen LogP contribution in [0.2, 0.25) is 0 Å². The number of benzene rings is 1. The second-order valence-corrected chi connectivity index (χ2v) is 12.6. The molecule has 0 spiro atoms. The zero-order valence-corrected chi connectivity index (χ0v) is 23.4. The maximum absolute atomic E-state index is 14.3. The standard InChI is InChI=1S/C32H41NO6/c1-5-6-28-38-27-16-24-23-12-7-19-15-21(34)13-14-30(19,2)29(23)25(35)17-31(24,3)32(27,39-28)26(36)18-37-22-10-8-20(33-4)9-11-22/h8-11,13-15,23-25,27-29,33,35H,5-7,12,16-18H2,1-4H3/t23-,24-,25-,27+,28?,29+,30-,31-,32+/m0/s1. The summed E-state index contributed by atoms with van der Waals surface area (Å²) in [6.07, 6.45) is 8.50. The average molecular weight is 536 g/mol. The van der Waals surface area contributed by atoms with Crippen LogP contribution in [-0.2, 0) is 19.1 Å². The van der Waals surface area contributed by atoms with Gasteiger partial charge >= 0.3 is 0 Å². The molecule has 4 aliphatic carbocycles. The van der Waals surface area contributed by atoms with E-state index in [0.29, 0.717) is 12.2 Å². The van der Waals surface area contributed by atoms with Crippen LogP contribution in [0.4, 0.5) is 5.69 Å². The Labute approximate surface area is 231 Å². The summed E-state index contributed by atoms with van der Waals surface area (Å²) in [4.78, 5) is 26.4. The number of hydrogen-bond donors (Lipinski definition) is 2. The zero-order valence-electron chi connectivity index (χ0n) is 23.4. The van der Waals surface area contributed by atoms with E-state index in [4.69, 9.17) is 14.2 Å². The third kappa shape index (κ3) is 3.87. The Morgan fingerprint density at radius 2 is 2.00 bits per heavy atom. The lowest BCUT2D eigenvalue weighted by atomic mass is 9.46. The highest BCUT2D eigenvalue weighted by Crippen LogP contribution is 2.69. The molecule has 9 atom stereocenters. The predicted molar refractivity (Wildman–Crippen MR) is 147 cm³/mol. The fraction of sp³-hybridized carbons (Fsp3) is 0.625. The molecule has 39 heavy (non-hydrogen) atoms. The van der Waals surface area contributed by atoms with Gasteiger partial charge in [0.05, 0.1) is 12.2 Å². The predicted octanol–water partition coefficient (Wildman–Crippen LogP) is 4.85. The number of hydrogen-bond acceptors (Lipinski definition) is 7. The van der Waals surface area contributed by atoms with Crippen LogP contribution in [0.25, 0.3) is 0 Å². The van der Waals surface area contributed by atoms with Gasteiger partial charge in [-0.3, -0.25) is 9.59 Å². The van der Waals surface area contributed by atoms with Crippen LogP contribution in [0.5, 0.6) is 5.75 Å². The van der Waals surface area contributed by atoms with Crippen LogP contribution in [0.15, 0.2) is 48.1 Å². The Morgan fingerprint density at radius 1 is 1.23 bits per heavy atom. The molecule has 7 nitrogen and oxygen atoms in total. The van der Waals surface area contributed by atoms with Gasteiger partial charge in [-0.05, 0) is 80.4 Å². The highest BCUT2D eigenvalue weighted by atomic mass is 16.7. The number of ketones is 2. The van der Waals surface area contributed by atoms with Crippen molar-refractivity contribution < 1.29 is 28.9 Å². The summed E-state index contributed by atoms with van der Waals surface area (Å²) >= 11 is 0. The van der Waals surface area contributed by atoms with Crippen LogP contribution in [0.3, 0.4) is 0 Å². The van der Waals surface area contributed by atoms with Gasteiger partial charge < -0.3 is 24.6 Å². The minimum absolute atomic E-state index is 0.0146. The van der Waals surface area contributed by atoms with Crippen molar-refractivity contribution in [2.24, 2.45) is 28.6 Å². The van der Waals surface area contributed by atoms with E-state index in [2.05, 4.69) is 26.1 Å².